The fourth-order valence-corrected chi connectivity index (χ4v) is 6.87. The summed E-state index contributed by atoms with van der Waals surface area (Å²) in [5.74, 6) is 1.59. The third-order valence-corrected chi connectivity index (χ3v) is 8.34. The first kappa shape index (κ1) is 16.5. The summed E-state index contributed by atoms with van der Waals surface area (Å²) in [4.78, 5) is 5.89. The lowest BCUT2D eigenvalue weighted by molar-refractivity contribution is -0.159. The van der Waals surface area contributed by atoms with Crippen molar-refractivity contribution >= 4 is 5.57 Å². The third kappa shape index (κ3) is 1.89. The molecule has 1 aromatic carbocycles. The standard InChI is InChI=1S/C24H26N2O3/c27-18-6-5-15-12-19-24(28)8-7-16(17-2-1-10-25-17)22-23(24,20(15)21(18)29-22)9-11-26(19)13-14-3-4-14/h1-2,5-7,10,14,19,22,25,27-28H,3-4,8-9,11-13H2/t19-,22+,23+,24-/m1/s1. The smallest absolute Gasteiger partial charge is 0.166 e. The van der Waals surface area contributed by atoms with Crippen molar-refractivity contribution in [3.8, 4) is 11.5 Å². The Morgan fingerprint density at radius 1 is 1.24 bits per heavy atom. The van der Waals surface area contributed by atoms with Crippen molar-refractivity contribution in [1.29, 1.82) is 0 Å². The van der Waals surface area contributed by atoms with E-state index in [1.54, 1.807) is 6.07 Å². The highest BCUT2D eigenvalue weighted by Crippen LogP contribution is 2.66. The lowest BCUT2D eigenvalue weighted by Crippen LogP contribution is -2.75. The summed E-state index contributed by atoms with van der Waals surface area (Å²) < 4.78 is 6.52. The molecule has 2 fully saturated rings. The normalized spacial score (nSPS) is 37.1. The quantitative estimate of drug-likeness (QED) is 0.754. The van der Waals surface area contributed by atoms with Crippen LogP contribution in [0.3, 0.4) is 0 Å². The van der Waals surface area contributed by atoms with Crippen LogP contribution < -0.4 is 4.74 Å². The molecule has 0 radical (unpaired) electrons. The van der Waals surface area contributed by atoms with Gasteiger partial charge in [0.25, 0.3) is 0 Å². The average molecular weight is 390 g/mol. The van der Waals surface area contributed by atoms with E-state index < -0.39 is 11.0 Å². The number of benzene rings is 1. The SMILES string of the molecule is Oc1ccc2c3c1O[C@H]1C(c4ccc[nH]4)=CC[C@@]4(O)[C@@H](C2)N(CC2CC2)CC[C@]314. The number of nitrogens with zero attached hydrogens (tertiary/aromatic N) is 1. The van der Waals surface area contributed by atoms with E-state index in [2.05, 4.69) is 28.1 Å². The molecule has 3 N–H and O–H groups in total. The molecule has 1 aromatic heterocycles. The molecule has 150 valence electrons. The number of phenolic OH excluding ortho intramolecular Hbond substituents is 1. The molecule has 0 unspecified atom stereocenters. The van der Waals surface area contributed by atoms with Crippen LogP contribution in [0.2, 0.25) is 0 Å². The summed E-state index contributed by atoms with van der Waals surface area (Å²) in [7, 11) is 0. The Morgan fingerprint density at radius 2 is 2.14 bits per heavy atom. The van der Waals surface area contributed by atoms with Crippen molar-refractivity contribution in [3.05, 3.63) is 53.4 Å². The van der Waals surface area contributed by atoms with Gasteiger partial charge in [-0.2, -0.15) is 0 Å². The molecule has 4 atom stereocenters. The maximum absolute atomic E-state index is 12.4. The van der Waals surface area contributed by atoms with Gasteiger partial charge in [0.15, 0.2) is 11.5 Å². The highest BCUT2D eigenvalue weighted by Gasteiger charge is 2.71. The Kier molecular flexibility index (Phi) is 3.00. The summed E-state index contributed by atoms with van der Waals surface area (Å²) in [5.41, 5.74) is 3.11. The molecule has 2 bridgehead atoms. The lowest BCUT2D eigenvalue weighted by Gasteiger charge is -2.62. The van der Waals surface area contributed by atoms with Crippen LogP contribution in [0.25, 0.3) is 5.57 Å². The zero-order chi connectivity index (χ0) is 19.4. The number of ether oxygens (including phenoxy) is 1. The van der Waals surface area contributed by atoms with Crippen molar-refractivity contribution in [3.63, 3.8) is 0 Å². The molecule has 7 rings (SSSR count). The van der Waals surface area contributed by atoms with Gasteiger partial charge in [0.1, 0.15) is 6.10 Å². The number of aromatic nitrogens is 1. The van der Waals surface area contributed by atoms with Crippen LogP contribution in [0, 0.1) is 5.92 Å². The maximum atomic E-state index is 12.4. The maximum Gasteiger partial charge on any atom is 0.166 e. The zero-order valence-electron chi connectivity index (χ0n) is 16.4. The number of likely N-dealkylation sites (tertiary alicyclic amines) is 1. The van der Waals surface area contributed by atoms with Crippen LogP contribution in [0.4, 0.5) is 0 Å². The number of nitrogens with one attached hydrogen (secondary N) is 1. The van der Waals surface area contributed by atoms with Gasteiger partial charge in [0.05, 0.1) is 11.0 Å². The number of H-pyrrole nitrogens is 1. The molecule has 5 nitrogen and oxygen atoms in total. The predicted octanol–water partition coefficient (Wildman–Crippen LogP) is 2.98. The molecule has 5 heteroatoms. The summed E-state index contributed by atoms with van der Waals surface area (Å²) in [6, 6.07) is 8.00. The fourth-order valence-electron chi connectivity index (χ4n) is 6.87. The van der Waals surface area contributed by atoms with Crippen molar-refractivity contribution in [2.45, 2.75) is 55.3 Å². The minimum absolute atomic E-state index is 0.104. The minimum atomic E-state index is -0.868. The van der Waals surface area contributed by atoms with Gasteiger partial charge in [-0.1, -0.05) is 12.1 Å². The summed E-state index contributed by atoms with van der Waals surface area (Å²) >= 11 is 0. The Morgan fingerprint density at radius 3 is 2.93 bits per heavy atom. The molecule has 1 spiro atoms. The van der Waals surface area contributed by atoms with Crippen LogP contribution in [-0.4, -0.2) is 50.9 Å². The second-order valence-electron chi connectivity index (χ2n) is 9.70. The van der Waals surface area contributed by atoms with E-state index in [0.717, 1.165) is 48.7 Å². The number of phenols is 1. The molecule has 0 amide bonds. The first-order valence-corrected chi connectivity index (χ1v) is 10.9. The molecule has 1 saturated heterocycles. The van der Waals surface area contributed by atoms with Gasteiger partial charge in [-0.15, -0.1) is 0 Å². The number of aromatic amines is 1. The highest BCUT2D eigenvalue weighted by molar-refractivity contribution is 5.77. The van der Waals surface area contributed by atoms with Crippen molar-refractivity contribution in [2.75, 3.05) is 13.1 Å². The van der Waals surface area contributed by atoms with Gasteiger partial charge in [0, 0.05) is 35.6 Å². The fraction of sp³-hybridized carbons (Fsp3) is 0.500. The second kappa shape index (κ2) is 5.27. The average Bonchev–Trinajstić information content (AvgIpc) is 3.22. The van der Waals surface area contributed by atoms with Gasteiger partial charge in [-0.25, -0.2) is 0 Å². The molecule has 2 aromatic rings. The number of rotatable bonds is 3. The first-order chi connectivity index (χ1) is 14.1. The second-order valence-corrected chi connectivity index (χ2v) is 9.70. The third-order valence-electron chi connectivity index (χ3n) is 8.34. The van der Waals surface area contributed by atoms with E-state index in [9.17, 15) is 10.2 Å². The highest BCUT2D eigenvalue weighted by atomic mass is 16.5. The number of aromatic hydroxyl groups is 1. The van der Waals surface area contributed by atoms with E-state index in [0.29, 0.717) is 12.2 Å². The van der Waals surface area contributed by atoms with Gasteiger partial charge < -0.3 is 19.9 Å². The largest absolute Gasteiger partial charge is 0.504 e. The lowest BCUT2D eigenvalue weighted by atomic mass is 9.49. The molecule has 3 heterocycles. The Balaban J connectivity index is 1.46. The number of piperidine rings is 1. The topological polar surface area (TPSA) is 68.7 Å². The number of aliphatic hydroxyl groups is 1. The van der Waals surface area contributed by atoms with Gasteiger partial charge in [0.2, 0.25) is 0 Å². The summed E-state index contributed by atoms with van der Waals surface area (Å²) in [6.45, 7) is 2.08. The van der Waals surface area contributed by atoms with E-state index in [4.69, 9.17) is 4.74 Å². The van der Waals surface area contributed by atoms with Gasteiger partial charge in [-0.05, 0) is 68.3 Å². The summed E-state index contributed by atoms with van der Waals surface area (Å²) in [5, 5.41) is 23.0. The van der Waals surface area contributed by atoms with E-state index in [1.807, 2.05) is 12.3 Å². The molecule has 2 aliphatic heterocycles. The van der Waals surface area contributed by atoms with Crippen LogP contribution in [0.5, 0.6) is 11.5 Å². The Bertz CT molecular complexity index is 1040. The van der Waals surface area contributed by atoms with Crippen LogP contribution >= 0.6 is 0 Å². The predicted molar refractivity (Wildman–Crippen MR) is 109 cm³/mol. The van der Waals surface area contributed by atoms with Crippen molar-refractivity contribution < 1.29 is 14.9 Å². The first-order valence-electron chi connectivity index (χ1n) is 10.9. The molecule has 3 aliphatic carbocycles. The van der Waals surface area contributed by atoms with Crippen LogP contribution in [-0.2, 0) is 11.8 Å². The van der Waals surface area contributed by atoms with Crippen molar-refractivity contribution in [1.82, 2.24) is 9.88 Å². The van der Waals surface area contributed by atoms with E-state index in [-0.39, 0.29) is 17.9 Å². The molecule has 29 heavy (non-hydrogen) atoms. The molecule has 1 saturated carbocycles. The minimum Gasteiger partial charge on any atom is -0.504 e. The van der Waals surface area contributed by atoms with E-state index in [1.165, 1.54) is 18.4 Å². The van der Waals surface area contributed by atoms with E-state index >= 15 is 0 Å². The van der Waals surface area contributed by atoms with Gasteiger partial charge >= 0.3 is 0 Å². The van der Waals surface area contributed by atoms with Crippen molar-refractivity contribution in [2.24, 2.45) is 5.92 Å². The van der Waals surface area contributed by atoms with Crippen LogP contribution in [0.1, 0.15) is 42.5 Å². The summed E-state index contributed by atoms with van der Waals surface area (Å²) in [6.07, 6.45) is 8.80. The van der Waals surface area contributed by atoms with Crippen LogP contribution in [0.15, 0.2) is 36.5 Å². The Hall–Kier alpha value is -2.24. The molecular weight excluding hydrogens is 364 g/mol. The Labute approximate surface area is 170 Å². The molecular formula is C24H26N2O3. The number of hydrogen-bond donors (Lipinski definition) is 3. The molecule has 5 aliphatic rings. The monoisotopic (exact) mass is 390 g/mol. The van der Waals surface area contributed by atoms with Gasteiger partial charge in [-0.3, -0.25) is 4.90 Å². The zero-order valence-corrected chi connectivity index (χ0v) is 16.4. The number of hydrogen-bond acceptors (Lipinski definition) is 4.